The number of hydrogen-bond donors (Lipinski definition) is 5. The summed E-state index contributed by atoms with van der Waals surface area (Å²) in [4.78, 5) is 12.6. The smallest absolute Gasteiger partial charge is 0.249 e. The van der Waals surface area contributed by atoms with Crippen LogP contribution < -0.4 is 5.32 Å². The van der Waals surface area contributed by atoms with Crippen molar-refractivity contribution in [2.75, 3.05) is 6.61 Å². The van der Waals surface area contributed by atoms with Gasteiger partial charge >= 0.3 is 0 Å². The molecular weight excluding hydrogens is 755 g/mol. The zero-order valence-electron chi connectivity index (χ0n) is 40.4. The molecule has 1 amide bonds. The van der Waals surface area contributed by atoms with Crippen molar-refractivity contribution in [3.8, 4) is 0 Å². The van der Waals surface area contributed by atoms with Gasteiger partial charge in [-0.3, -0.25) is 4.79 Å². The van der Waals surface area contributed by atoms with Crippen LogP contribution in [0.25, 0.3) is 0 Å². The van der Waals surface area contributed by atoms with Crippen molar-refractivity contribution in [2.45, 2.75) is 289 Å². The van der Waals surface area contributed by atoms with Crippen molar-refractivity contribution in [2.24, 2.45) is 0 Å². The lowest BCUT2D eigenvalue weighted by Crippen LogP contribution is -2.53. The van der Waals surface area contributed by atoms with E-state index in [4.69, 9.17) is 0 Å². The lowest BCUT2D eigenvalue weighted by Gasteiger charge is -2.27. The van der Waals surface area contributed by atoms with Crippen LogP contribution in [0.5, 0.6) is 0 Å². The van der Waals surface area contributed by atoms with Crippen molar-refractivity contribution in [3.05, 3.63) is 48.6 Å². The summed E-state index contributed by atoms with van der Waals surface area (Å²) in [6.45, 7) is 4.03. The zero-order valence-corrected chi connectivity index (χ0v) is 40.4. The monoisotopic (exact) mass is 858 g/mol. The van der Waals surface area contributed by atoms with Crippen LogP contribution in [0.4, 0.5) is 0 Å². The molecule has 61 heavy (non-hydrogen) atoms. The molecule has 0 aliphatic carbocycles. The molecule has 0 saturated carbocycles. The van der Waals surface area contributed by atoms with Gasteiger partial charge in [-0.25, -0.2) is 0 Å². The van der Waals surface area contributed by atoms with E-state index in [1.54, 1.807) is 0 Å². The zero-order chi connectivity index (χ0) is 44.5. The molecule has 4 atom stereocenters. The molecule has 358 valence electrons. The van der Waals surface area contributed by atoms with E-state index in [0.717, 1.165) is 51.4 Å². The Kier molecular flexibility index (Phi) is 47.9. The summed E-state index contributed by atoms with van der Waals surface area (Å²) in [5, 5.41) is 43.8. The average molecular weight is 858 g/mol. The Labute approximate surface area is 379 Å². The fraction of sp³-hybridized carbons (Fsp3) is 0.836. The minimum Gasteiger partial charge on any atom is -0.394 e. The summed E-state index contributed by atoms with van der Waals surface area (Å²) >= 11 is 0. The van der Waals surface area contributed by atoms with Gasteiger partial charge in [0.25, 0.3) is 0 Å². The Bertz CT molecular complexity index is 1010. The van der Waals surface area contributed by atoms with E-state index < -0.39 is 36.9 Å². The van der Waals surface area contributed by atoms with Gasteiger partial charge in [-0.05, 0) is 89.9 Å². The van der Waals surface area contributed by atoms with Gasteiger partial charge < -0.3 is 25.7 Å². The molecule has 0 aliphatic rings. The number of unbranched alkanes of at least 4 members (excludes halogenated alkanes) is 31. The topological polar surface area (TPSA) is 110 Å². The van der Waals surface area contributed by atoms with Crippen molar-refractivity contribution in [1.82, 2.24) is 5.32 Å². The molecule has 0 aromatic carbocycles. The molecule has 4 unspecified atom stereocenters. The highest BCUT2D eigenvalue weighted by atomic mass is 16.3. The van der Waals surface area contributed by atoms with Crippen molar-refractivity contribution in [3.63, 3.8) is 0 Å². The van der Waals surface area contributed by atoms with Crippen LogP contribution >= 0.6 is 0 Å². The van der Waals surface area contributed by atoms with E-state index in [1.165, 1.54) is 180 Å². The van der Waals surface area contributed by atoms with Crippen LogP contribution in [-0.4, -0.2) is 57.3 Å². The molecule has 0 rings (SSSR count). The highest BCUT2D eigenvalue weighted by molar-refractivity contribution is 5.80. The third-order valence-corrected chi connectivity index (χ3v) is 12.2. The van der Waals surface area contributed by atoms with Gasteiger partial charge in [0.05, 0.1) is 18.8 Å². The third kappa shape index (κ3) is 43.3. The van der Waals surface area contributed by atoms with Gasteiger partial charge in [0.1, 0.15) is 12.2 Å². The first kappa shape index (κ1) is 59.3. The molecule has 5 N–H and O–H groups in total. The molecule has 6 heteroatoms. The maximum absolute atomic E-state index is 12.6. The Morgan fingerprint density at radius 3 is 1.05 bits per heavy atom. The lowest BCUT2D eigenvalue weighted by molar-refractivity contribution is -0.132. The molecule has 6 nitrogen and oxygen atoms in total. The summed E-state index contributed by atoms with van der Waals surface area (Å²) in [6, 6.07) is -1.01. The summed E-state index contributed by atoms with van der Waals surface area (Å²) < 4.78 is 0. The predicted octanol–water partition coefficient (Wildman–Crippen LogP) is 15.0. The largest absolute Gasteiger partial charge is 0.394 e. The Morgan fingerprint density at radius 2 is 0.689 bits per heavy atom. The van der Waals surface area contributed by atoms with Gasteiger partial charge in [-0.1, -0.05) is 223 Å². The normalized spacial score (nSPS) is 14.3. The second kappa shape index (κ2) is 49.3. The van der Waals surface area contributed by atoms with E-state index >= 15 is 0 Å². The molecule has 0 fully saturated rings. The van der Waals surface area contributed by atoms with Crippen LogP contribution in [0, 0.1) is 0 Å². The van der Waals surface area contributed by atoms with E-state index in [-0.39, 0.29) is 0 Å². The van der Waals surface area contributed by atoms with Crippen LogP contribution in [0.1, 0.15) is 264 Å². The Balaban J connectivity index is 3.68. The SMILES string of the molecule is CCCCCC/C=C/CC/C=C/CC/C=C/CCCC(O)C(O)C(CO)NC(=O)C(O)CCCCCCCCCCCCCC/C=C\CCCCCCCCCCCCCC. The lowest BCUT2D eigenvalue weighted by atomic mass is 10.00. The molecule has 0 spiro atoms. The molecule has 0 radical (unpaired) electrons. The number of rotatable bonds is 48. The van der Waals surface area contributed by atoms with Crippen LogP contribution in [-0.2, 0) is 4.79 Å². The maximum Gasteiger partial charge on any atom is 0.249 e. The number of carbonyl (C=O) groups is 1. The number of allylic oxidation sites excluding steroid dienone is 8. The van der Waals surface area contributed by atoms with E-state index in [2.05, 4.69) is 67.8 Å². The molecular formula is C55H103NO5. The summed E-state index contributed by atoms with van der Waals surface area (Å²) in [5.41, 5.74) is 0. The maximum atomic E-state index is 12.6. The van der Waals surface area contributed by atoms with Gasteiger partial charge in [-0.2, -0.15) is 0 Å². The molecule has 0 saturated heterocycles. The fourth-order valence-electron chi connectivity index (χ4n) is 8.02. The summed E-state index contributed by atoms with van der Waals surface area (Å²) in [7, 11) is 0. The van der Waals surface area contributed by atoms with Crippen molar-refractivity contribution < 1.29 is 25.2 Å². The number of aliphatic hydroxyl groups is 4. The fourth-order valence-corrected chi connectivity index (χ4v) is 8.02. The highest BCUT2D eigenvalue weighted by Gasteiger charge is 2.28. The van der Waals surface area contributed by atoms with Crippen molar-refractivity contribution >= 4 is 5.91 Å². The van der Waals surface area contributed by atoms with Gasteiger partial charge in [0.2, 0.25) is 5.91 Å². The average Bonchev–Trinajstić information content (AvgIpc) is 3.26. The Hall–Kier alpha value is -1.73. The minimum absolute atomic E-state index is 0.358. The van der Waals surface area contributed by atoms with Gasteiger partial charge in [0, 0.05) is 0 Å². The number of carbonyl (C=O) groups excluding carboxylic acids is 1. The van der Waals surface area contributed by atoms with Crippen molar-refractivity contribution in [1.29, 1.82) is 0 Å². The number of aliphatic hydroxyl groups excluding tert-OH is 4. The number of nitrogens with one attached hydrogen (secondary N) is 1. The first-order chi connectivity index (χ1) is 30.0. The van der Waals surface area contributed by atoms with Crippen LogP contribution in [0.3, 0.4) is 0 Å². The second-order valence-corrected chi connectivity index (χ2v) is 18.2. The Morgan fingerprint density at radius 1 is 0.393 bits per heavy atom. The summed E-state index contributed by atoms with van der Waals surface area (Å²) in [6.07, 6.45) is 61.7. The summed E-state index contributed by atoms with van der Waals surface area (Å²) in [5.74, 6) is -0.599. The molecule has 0 aliphatic heterocycles. The van der Waals surface area contributed by atoms with Crippen LogP contribution in [0.2, 0.25) is 0 Å². The third-order valence-electron chi connectivity index (χ3n) is 12.2. The first-order valence-corrected chi connectivity index (χ1v) is 26.5. The quantitative estimate of drug-likeness (QED) is 0.0309. The number of hydrogen-bond acceptors (Lipinski definition) is 5. The van der Waals surface area contributed by atoms with Gasteiger partial charge in [-0.15, -0.1) is 0 Å². The molecule has 0 aromatic heterocycles. The predicted molar refractivity (Wildman–Crippen MR) is 265 cm³/mol. The van der Waals surface area contributed by atoms with E-state index in [9.17, 15) is 25.2 Å². The highest BCUT2D eigenvalue weighted by Crippen LogP contribution is 2.16. The van der Waals surface area contributed by atoms with E-state index in [1.807, 2.05) is 0 Å². The van der Waals surface area contributed by atoms with Gasteiger partial charge in [0.15, 0.2) is 0 Å². The number of amides is 1. The first-order valence-electron chi connectivity index (χ1n) is 26.5. The van der Waals surface area contributed by atoms with Crippen LogP contribution in [0.15, 0.2) is 48.6 Å². The molecule has 0 bridgehead atoms. The standard InChI is InChI=1S/C55H103NO5/c1-3-5-7-9-11-13-15-17-19-21-22-23-24-25-26-27-28-29-30-31-33-35-37-39-41-43-45-47-49-53(59)55(61)56-51(50-57)54(60)52(58)48-46-44-42-40-38-36-34-32-20-18-16-14-12-10-8-6-4-2/h14,16,25-26,32,34,40,42,51-54,57-60H,3-13,15,17-24,27-31,33,35-39,41,43-50H2,1-2H3,(H,56,61)/b16-14+,26-25-,34-32+,42-40+. The molecule has 0 aromatic rings. The van der Waals surface area contributed by atoms with E-state index in [0.29, 0.717) is 19.3 Å². The minimum atomic E-state index is -1.29. The molecule has 0 heterocycles. The second-order valence-electron chi connectivity index (χ2n) is 18.2.